The van der Waals surface area contributed by atoms with Gasteiger partial charge in [-0.2, -0.15) is 0 Å². The van der Waals surface area contributed by atoms with Gasteiger partial charge < -0.3 is 10.1 Å². The highest BCUT2D eigenvalue weighted by molar-refractivity contribution is 5.52. The van der Waals surface area contributed by atoms with Crippen LogP contribution in [0.2, 0.25) is 0 Å². The predicted molar refractivity (Wildman–Crippen MR) is 77.2 cm³/mol. The normalized spacial score (nSPS) is 19.4. The van der Waals surface area contributed by atoms with E-state index in [1.807, 2.05) is 0 Å². The molecule has 0 aromatic heterocycles. The Morgan fingerprint density at radius 2 is 2.17 bits per heavy atom. The van der Waals surface area contributed by atoms with E-state index in [1.165, 1.54) is 36.9 Å². The van der Waals surface area contributed by atoms with Gasteiger partial charge in [-0.3, -0.25) is 0 Å². The Kier molecular flexibility index (Phi) is 5.06. The van der Waals surface area contributed by atoms with Gasteiger partial charge in [0.2, 0.25) is 0 Å². The van der Waals surface area contributed by atoms with Crippen molar-refractivity contribution in [2.75, 3.05) is 18.5 Å². The highest BCUT2D eigenvalue weighted by Gasteiger charge is 2.14. The molecule has 1 fully saturated rings. The topological polar surface area (TPSA) is 21.3 Å². The van der Waals surface area contributed by atoms with Gasteiger partial charge in [0.25, 0.3) is 0 Å². The van der Waals surface area contributed by atoms with Crippen LogP contribution in [0.3, 0.4) is 0 Å². The maximum Gasteiger partial charge on any atom is 0.0576 e. The number of hydrogen-bond donors (Lipinski definition) is 1. The van der Waals surface area contributed by atoms with E-state index >= 15 is 0 Å². The quantitative estimate of drug-likeness (QED) is 0.761. The first-order valence-corrected chi connectivity index (χ1v) is 7.22. The van der Waals surface area contributed by atoms with Crippen molar-refractivity contribution in [2.24, 2.45) is 0 Å². The number of anilines is 1. The van der Waals surface area contributed by atoms with Crippen molar-refractivity contribution in [1.29, 1.82) is 0 Å². The van der Waals surface area contributed by atoms with E-state index in [4.69, 9.17) is 4.74 Å². The first-order valence-electron chi connectivity index (χ1n) is 7.22. The van der Waals surface area contributed by atoms with E-state index < -0.39 is 0 Å². The number of hydrogen-bond acceptors (Lipinski definition) is 2. The molecule has 1 aromatic carbocycles. The fourth-order valence-electron chi connectivity index (χ4n) is 2.59. The number of nitrogens with one attached hydrogen (secondary N) is 1. The summed E-state index contributed by atoms with van der Waals surface area (Å²) < 4.78 is 5.64. The molecule has 0 amide bonds. The Bertz CT molecular complexity index is 356. The molecule has 1 aromatic rings. The van der Waals surface area contributed by atoms with Crippen LogP contribution in [0.15, 0.2) is 24.3 Å². The molecule has 1 aliphatic heterocycles. The molecular weight excluding hydrogens is 222 g/mol. The molecule has 0 saturated carbocycles. The van der Waals surface area contributed by atoms with Gasteiger partial charge in [0, 0.05) is 18.8 Å². The molecule has 1 heterocycles. The van der Waals surface area contributed by atoms with E-state index in [-0.39, 0.29) is 0 Å². The number of benzene rings is 1. The largest absolute Gasteiger partial charge is 0.385 e. The van der Waals surface area contributed by atoms with E-state index in [0.717, 1.165) is 13.2 Å². The van der Waals surface area contributed by atoms with Crippen LogP contribution in [-0.2, 0) is 4.74 Å². The highest BCUT2D eigenvalue weighted by Crippen LogP contribution is 2.24. The molecule has 1 atom stereocenters. The van der Waals surface area contributed by atoms with Gasteiger partial charge in [0.1, 0.15) is 0 Å². The first kappa shape index (κ1) is 13.4. The van der Waals surface area contributed by atoms with Crippen molar-refractivity contribution < 1.29 is 4.74 Å². The first-order chi connectivity index (χ1) is 8.77. The van der Waals surface area contributed by atoms with Crippen LogP contribution in [0.5, 0.6) is 0 Å². The van der Waals surface area contributed by atoms with Crippen LogP contribution in [0, 0.1) is 0 Å². The molecule has 2 nitrogen and oxygen atoms in total. The van der Waals surface area contributed by atoms with E-state index in [2.05, 4.69) is 43.4 Å². The van der Waals surface area contributed by atoms with E-state index in [1.54, 1.807) is 0 Å². The molecule has 100 valence electrons. The maximum absolute atomic E-state index is 5.64. The number of para-hydroxylation sites is 1. The second-order valence-electron chi connectivity index (χ2n) is 5.45. The average Bonchev–Trinajstić information content (AvgIpc) is 2.88. The predicted octanol–water partition coefficient (Wildman–Crippen LogP) is 4.18. The third-order valence-corrected chi connectivity index (χ3v) is 3.63. The van der Waals surface area contributed by atoms with Gasteiger partial charge in [-0.25, -0.2) is 0 Å². The maximum atomic E-state index is 5.64. The third kappa shape index (κ3) is 3.74. The highest BCUT2D eigenvalue weighted by atomic mass is 16.5. The van der Waals surface area contributed by atoms with Crippen molar-refractivity contribution in [3.05, 3.63) is 29.8 Å². The van der Waals surface area contributed by atoms with Crippen LogP contribution in [0.1, 0.15) is 51.0 Å². The Morgan fingerprint density at radius 1 is 1.33 bits per heavy atom. The summed E-state index contributed by atoms with van der Waals surface area (Å²) >= 11 is 0. The molecular formula is C16H25NO. The molecule has 1 N–H and O–H groups in total. The lowest BCUT2D eigenvalue weighted by Crippen LogP contribution is -2.10. The summed E-state index contributed by atoms with van der Waals surface area (Å²) in [5, 5.41) is 3.56. The van der Waals surface area contributed by atoms with Crippen LogP contribution in [0.4, 0.5) is 5.69 Å². The zero-order chi connectivity index (χ0) is 12.8. The minimum Gasteiger partial charge on any atom is -0.385 e. The molecule has 1 saturated heterocycles. The lowest BCUT2D eigenvalue weighted by Gasteiger charge is -2.15. The molecule has 1 aliphatic rings. The van der Waals surface area contributed by atoms with Crippen molar-refractivity contribution in [3.63, 3.8) is 0 Å². The van der Waals surface area contributed by atoms with Crippen molar-refractivity contribution in [1.82, 2.24) is 0 Å². The van der Waals surface area contributed by atoms with Crippen molar-refractivity contribution >= 4 is 5.69 Å². The summed E-state index contributed by atoms with van der Waals surface area (Å²) in [4.78, 5) is 0. The van der Waals surface area contributed by atoms with Gasteiger partial charge in [0.15, 0.2) is 0 Å². The van der Waals surface area contributed by atoms with Gasteiger partial charge in [0.05, 0.1) is 6.10 Å². The van der Waals surface area contributed by atoms with Gasteiger partial charge >= 0.3 is 0 Å². The number of rotatable bonds is 6. The third-order valence-electron chi connectivity index (χ3n) is 3.63. The second kappa shape index (κ2) is 6.79. The van der Waals surface area contributed by atoms with Crippen LogP contribution in [-0.4, -0.2) is 19.3 Å². The second-order valence-corrected chi connectivity index (χ2v) is 5.45. The van der Waals surface area contributed by atoms with Gasteiger partial charge in [-0.15, -0.1) is 0 Å². The molecule has 0 aliphatic carbocycles. The molecule has 0 bridgehead atoms. The monoisotopic (exact) mass is 247 g/mol. The summed E-state index contributed by atoms with van der Waals surface area (Å²) in [6.45, 7) is 6.50. The zero-order valence-corrected chi connectivity index (χ0v) is 11.6. The fourth-order valence-corrected chi connectivity index (χ4v) is 2.59. The molecule has 1 unspecified atom stereocenters. The van der Waals surface area contributed by atoms with E-state index in [0.29, 0.717) is 12.0 Å². The summed E-state index contributed by atoms with van der Waals surface area (Å²) in [7, 11) is 0. The lowest BCUT2D eigenvalue weighted by molar-refractivity contribution is 0.103. The smallest absolute Gasteiger partial charge is 0.0576 e. The van der Waals surface area contributed by atoms with Crippen LogP contribution in [0.25, 0.3) is 0 Å². The number of ether oxygens (including phenoxy) is 1. The van der Waals surface area contributed by atoms with Crippen molar-refractivity contribution in [3.8, 4) is 0 Å². The van der Waals surface area contributed by atoms with E-state index in [9.17, 15) is 0 Å². The Morgan fingerprint density at radius 3 is 2.89 bits per heavy atom. The molecule has 2 heteroatoms. The summed E-state index contributed by atoms with van der Waals surface area (Å²) in [5.74, 6) is 0.576. The molecule has 0 radical (unpaired) electrons. The Hall–Kier alpha value is -1.02. The van der Waals surface area contributed by atoms with Crippen LogP contribution >= 0.6 is 0 Å². The fraction of sp³-hybridized carbons (Fsp3) is 0.625. The van der Waals surface area contributed by atoms with Gasteiger partial charge in [-0.05, 0) is 43.2 Å². The molecule has 2 rings (SSSR count). The van der Waals surface area contributed by atoms with Crippen LogP contribution < -0.4 is 5.32 Å². The summed E-state index contributed by atoms with van der Waals surface area (Å²) in [5.41, 5.74) is 2.70. The minimum absolute atomic E-state index is 0.521. The van der Waals surface area contributed by atoms with Crippen molar-refractivity contribution in [2.45, 2.75) is 51.6 Å². The summed E-state index contributed by atoms with van der Waals surface area (Å²) in [6.07, 6.45) is 5.40. The zero-order valence-electron chi connectivity index (χ0n) is 11.6. The Labute approximate surface area is 111 Å². The average molecular weight is 247 g/mol. The minimum atomic E-state index is 0.521. The SMILES string of the molecule is CC(C)c1ccccc1NCCCC1CCCO1. The molecule has 0 spiro atoms. The standard InChI is InChI=1S/C16H25NO/c1-13(2)15-9-3-4-10-16(15)17-11-5-7-14-8-6-12-18-14/h3-4,9-10,13-14,17H,5-8,11-12H2,1-2H3. The van der Waals surface area contributed by atoms with Gasteiger partial charge in [-0.1, -0.05) is 32.0 Å². The molecule has 18 heavy (non-hydrogen) atoms. The summed E-state index contributed by atoms with van der Waals surface area (Å²) in [6, 6.07) is 8.62. The lowest BCUT2D eigenvalue weighted by atomic mass is 10.0. The Balaban J connectivity index is 1.75.